The van der Waals surface area contributed by atoms with Gasteiger partial charge in [-0.15, -0.1) is 0 Å². The van der Waals surface area contributed by atoms with E-state index >= 15 is 0 Å². The molecule has 0 saturated carbocycles. The number of hydrogen-bond acceptors (Lipinski definition) is 1. The van der Waals surface area contributed by atoms with Crippen molar-refractivity contribution < 1.29 is 9.50 Å². The molecule has 0 fully saturated rings. The van der Waals surface area contributed by atoms with E-state index in [0.29, 0.717) is 6.42 Å². The Balaban J connectivity index is 2.49. The fourth-order valence-electron chi connectivity index (χ4n) is 1.50. The molecule has 2 nitrogen and oxygen atoms in total. The van der Waals surface area contributed by atoms with Gasteiger partial charge in [0.05, 0.1) is 6.26 Å². The molecule has 2 aromatic rings. The minimum absolute atomic E-state index is 0.244. The average molecular weight is 191 g/mol. The van der Waals surface area contributed by atoms with E-state index in [2.05, 4.69) is 4.98 Å². The molecule has 0 bridgehead atoms. The average Bonchev–Trinajstić information content (AvgIpc) is 2.57. The number of H-pyrrole nitrogens is 1. The van der Waals surface area contributed by atoms with Gasteiger partial charge in [0, 0.05) is 17.1 Å². The van der Waals surface area contributed by atoms with E-state index in [1.54, 1.807) is 12.1 Å². The lowest BCUT2D eigenvalue weighted by molar-refractivity contribution is 0.471. The predicted molar refractivity (Wildman–Crippen MR) is 53.7 cm³/mol. The Kier molecular flexibility index (Phi) is 2.23. The van der Waals surface area contributed by atoms with E-state index in [4.69, 9.17) is 5.11 Å². The number of benzene rings is 1. The van der Waals surface area contributed by atoms with Crippen LogP contribution >= 0.6 is 0 Å². The van der Waals surface area contributed by atoms with Crippen LogP contribution in [0.2, 0.25) is 0 Å². The molecular weight excluding hydrogens is 181 g/mol. The molecule has 72 valence electrons. The minimum atomic E-state index is -0.244. The molecule has 14 heavy (non-hydrogen) atoms. The summed E-state index contributed by atoms with van der Waals surface area (Å²) < 4.78 is 12.9. The molecule has 0 aliphatic carbocycles. The predicted octanol–water partition coefficient (Wildman–Crippen LogP) is 2.92. The maximum absolute atomic E-state index is 12.9. The summed E-state index contributed by atoms with van der Waals surface area (Å²) in [4.78, 5) is 3.04. The van der Waals surface area contributed by atoms with Crippen LogP contribution in [0.4, 0.5) is 4.39 Å². The van der Waals surface area contributed by atoms with Crippen molar-refractivity contribution >= 4 is 10.9 Å². The molecule has 0 radical (unpaired) electrons. The summed E-state index contributed by atoms with van der Waals surface area (Å²) in [7, 11) is 0. The van der Waals surface area contributed by atoms with E-state index < -0.39 is 0 Å². The van der Waals surface area contributed by atoms with E-state index in [0.717, 1.165) is 22.7 Å². The highest BCUT2D eigenvalue weighted by Gasteiger charge is 2.02. The standard InChI is InChI=1S/C11H10FNO/c12-9-3-4-11-10(6-9)8(7-13-11)2-1-5-14/h1,3-7,13-14H,2H2. The number of rotatable bonds is 2. The zero-order valence-corrected chi connectivity index (χ0v) is 7.50. The number of aliphatic hydroxyl groups excluding tert-OH is 1. The topological polar surface area (TPSA) is 36.0 Å². The number of hydrogen-bond donors (Lipinski definition) is 2. The summed E-state index contributed by atoms with van der Waals surface area (Å²) >= 11 is 0. The highest BCUT2D eigenvalue weighted by molar-refractivity contribution is 5.83. The number of aromatic amines is 1. The lowest BCUT2D eigenvalue weighted by atomic mass is 10.1. The van der Waals surface area contributed by atoms with Crippen molar-refractivity contribution in [1.82, 2.24) is 4.98 Å². The first kappa shape index (κ1) is 8.81. The number of fused-ring (bicyclic) bond motifs is 1. The molecule has 2 N–H and O–H groups in total. The molecule has 3 heteroatoms. The highest BCUT2D eigenvalue weighted by atomic mass is 19.1. The molecule has 2 rings (SSSR count). The third-order valence-corrected chi connectivity index (χ3v) is 2.17. The van der Waals surface area contributed by atoms with E-state index in [-0.39, 0.29) is 5.82 Å². The maximum Gasteiger partial charge on any atom is 0.123 e. The zero-order valence-electron chi connectivity index (χ0n) is 7.50. The van der Waals surface area contributed by atoms with Crippen LogP contribution < -0.4 is 0 Å². The lowest BCUT2D eigenvalue weighted by Crippen LogP contribution is -1.79. The second kappa shape index (κ2) is 3.54. The van der Waals surface area contributed by atoms with Crippen LogP contribution in [0.15, 0.2) is 36.7 Å². The van der Waals surface area contributed by atoms with Crippen LogP contribution in [-0.4, -0.2) is 10.1 Å². The minimum Gasteiger partial charge on any atom is -0.516 e. The quantitative estimate of drug-likeness (QED) is 0.703. The van der Waals surface area contributed by atoms with Gasteiger partial charge < -0.3 is 10.1 Å². The second-order valence-electron chi connectivity index (χ2n) is 3.09. The molecule has 1 aromatic carbocycles. The van der Waals surface area contributed by atoms with Crippen molar-refractivity contribution in [2.45, 2.75) is 6.42 Å². The Morgan fingerprint density at radius 1 is 1.43 bits per heavy atom. The summed E-state index contributed by atoms with van der Waals surface area (Å²) in [6, 6.07) is 4.62. The lowest BCUT2D eigenvalue weighted by Gasteiger charge is -1.93. The van der Waals surface area contributed by atoms with Gasteiger partial charge in [-0.2, -0.15) is 0 Å². The summed E-state index contributed by atoms with van der Waals surface area (Å²) in [6.45, 7) is 0. The Bertz CT molecular complexity index is 473. The van der Waals surface area contributed by atoms with Crippen LogP contribution in [0.3, 0.4) is 0 Å². The molecule has 1 heterocycles. The fourth-order valence-corrected chi connectivity index (χ4v) is 1.50. The molecule has 1 aromatic heterocycles. The monoisotopic (exact) mass is 191 g/mol. The number of aromatic nitrogens is 1. The fraction of sp³-hybridized carbons (Fsp3) is 0.0909. The third-order valence-electron chi connectivity index (χ3n) is 2.17. The van der Waals surface area contributed by atoms with Crippen molar-refractivity contribution in [3.63, 3.8) is 0 Å². The van der Waals surface area contributed by atoms with Crippen molar-refractivity contribution in [1.29, 1.82) is 0 Å². The number of allylic oxidation sites excluding steroid dienone is 1. The Morgan fingerprint density at radius 2 is 2.29 bits per heavy atom. The second-order valence-corrected chi connectivity index (χ2v) is 3.09. The van der Waals surface area contributed by atoms with Crippen LogP contribution in [0.5, 0.6) is 0 Å². The summed E-state index contributed by atoms with van der Waals surface area (Å²) in [5.41, 5.74) is 1.89. The molecule has 0 aliphatic heterocycles. The van der Waals surface area contributed by atoms with Crippen LogP contribution in [0.25, 0.3) is 10.9 Å². The first-order valence-electron chi connectivity index (χ1n) is 4.36. The van der Waals surface area contributed by atoms with E-state index in [9.17, 15) is 4.39 Å². The highest BCUT2D eigenvalue weighted by Crippen LogP contribution is 2.19. The maximum atomic E-state index is 12.9. The zero-order chi connectivity index (χ0) is 9.97. The first-order valence-corrected chi connectivity index (χ1v) is 4.36. The van der Waals surface area contributed by atoms with Gasteiger partial charge in [0.25, 0.3) is 0 Å². The van der Waals surface area contributed by atoms with Gasteiger partial charge in [-0.05, 0) is 36.3 Å². The van der Waals surface area contributed by atoms with Crippen molar-refractivity contribution in [2.75, 3.05) is 0 Å². The summed E-state index contributed by atoms with van der Waals surface area (Å²) in [5.74, 6) is -0.244. The molecule has 0 saturated heterocycles. The molecule has 0 atom stereocenters. The van der Waals surface area contributed by atoms with Gasteiger partial charge in [-0.25, -0.2) is 4.39 Å². The van der Waals surface area contributed by atoms with Gasteiger partial charge in [0.15, 0.2) is 0 Å². The largest absolute Gasteiger partial charge is 0.516 e. The van der Waals surface area contributed by atoms with Crippen molar-refractivity contribution in [3.8, 4) is 0 Å². The molecule has 0 amide bonds. The van der Waals surface area contributed by atoms with E-state index in [1.807, 2.05) is 6.20 Å². The molecule has 0 aliphatic rings. The summed E-state index contributed by atoms with van der Waals surface area (Å²) in [6.07, 6.45) is 5.04. The van der Waals surface area contributed by atoms with Crippen LogP contribution in [-0.2, 0) is 6.42 Å². The van der Waals surface area contributed by atoms with Gasteiger partial charge >= 0.3 is 0 Å². The van der Waals surface area contributed by atoms with Gasteiger partial charge in [0.2, 0.25) is 0 Å². The molecular formula is C11H10FNO. The summed E-state index contributed by atoms with van der Waals surface area (Å²) in [5, 5.41) is 9.39. The SMILES string of the molecule is OC=CCc1c[nH]c2ccc(F)cc12. The Morgan fingerprint density at radius 3 is 3.07 bits per heavy atom. The normalized spacial score (nSPS) is 11.5. The van der Waals surface area contributed by atoms with Crippen molar-refractivity contribution in [3.05, 3.63) is 48.1 Å². The van der Waals surface area contributed by atoms with Crippen LogP contribution in [0, 0.1) is 5.82 Å². The van der Waals surface area contributed by atoms with Crippen molar-refractivity contribution in [2.24, 2.45) is 0 Å². The Labute approximate surface area is 80.7 Å². The van der Waals surface area contributed by atoms with Crippen LogP contribution in [0.1, 0.15) is 5.56 Å². The molecule has 0 unspecified atom stereocenters. The van der Waals surface area contributed by atoms with E-state index in [1.165, 1.54) is 12.1 Å². The number of aliphatic hydroxyl groups is 1. The van der Waals surface area contributed by atoms with Gasteiger partial charge in [-0.1, -0.05) is 0 Å². The molecule has 0 spiro atoms. The van der Waals surface area contributed by atoms with Gasteiger partial charge in [-0.3, -0.25) is 0 Å². The third kappa shape index (κ3) is 1.48. The van der Waals surface area contributed by atoms with Gasteiger partial charge in [0.1, 0.15) is 5.82 Å². The Hall–Kier alpha value is -1.77. The number of nitrogens with one attached hydrogen (secondary N) is 1. The smallest absolute Gasteiger partial charge is 0.123 e. The first-order chi connectivity index (χ1) is 6.81. The number of halogens is 1.